The molecule has 0 amide bonds. The zero-order valence-electron chi connectivity index (χ0n) is 16.2. The zero-order chi connectivity index (χ0) is 20.3. The molecule has 8 nitrogen and oxygen atoms in total. The van der Waals surface area contributed by atoms with E-state index in [0.29, 0.717) is 41.5 Å². The van der Waals surface area contributed by atoms with Gasteiger partial charge in [-0.05, 0) is 30.5 Å². The van der Waals surface area contributed by atoms with Crippen LogP contribution in [-0.2, 0) is 16.1 Å². The molecule has 1 aliphatic rings. The summed E-state index contributed by atoms with van der Waals surface area (Å²) >= 11 is 0. The number of fused-ring (bicyclic) bond motifs is 1. The third kappa shape index (κ3) is 3.53. The molecule has 2 unspecified atom stereocenters. The van der Waals surface area contributed by atoms with Crippen LogP contribution in [0.5, 0.6) is 0 Å². The lowest BCUT2D eigenvalue weighted by molar-refractivity contribution is -0.119. The quantitative estimate of drug-likeness (QED) is 0.496. The molecule has 0 aliphatic carbocycles. The molecule has 0 saturated carbocycles. The van der Waals surface area contributed by atoms with Gasteiger partial charge in [-0.25, -0.2) is 15.0 Å². The molecule has 1 N–H and O–H groups in total. The summed E-state index contributed by atoms with van der Waals surface area (Å²) in [5.74, 6) is 1.14. The number of nitrogens with one attached hydrogen (secondary N) is 1. The average Bonchev–Trinajstić information content (AvgIpc) is 3.45. The van der Waals surface area contributed by atoms with Gasteiger partial charge in [0.05, 0.1) is 6.33 Å². The molecule has 0 bridgehead atoms. The molecule has 1 aromatic carbocycles. The Balaban J connectivity index is 1.56. The third-order valence-electron chi connectivity index (χ3n) is 5.11. The molecule has 2 atom stereocenters. The van der Waals surface area contributed by atoms with E-state index >= 15 is 0 Å². The number of aromatic nitrogens is 5. The molecule has 1 saturated heterocycles. The van der Waals surface area contributed by atoms with Crippen molar-refractivity contribution < 1.29 is 9.53 Å². The van der Waals surface area contributed by atoms with E-state index in [1.54, 1.807) is 12.5 Å². The van der Waals surface area contributed by atoms with Gasteiger partial charge < -0.3 is 14.8 Å². The minimum atomic E-state index is -0.389. The van der Waals surface area contributed by atoms with Crippen molar-refractivity contribution in [1.82, 2.24) is 24.5 Å². The molecule has 0 radical (unpaired) electrons. The molecule has 8 heteroatoms. The number of hydrogen-bond acceptors (Lipinski definition) is 7. The number of benzene rings is 1. The average molecular weight is 400 g/mol. The Bertz CT molecular complexity index is 1160. The molecule has 5 rings (SSSR count). The summed E-state index contributed by atoms with van der Waals surface area (Å²) in [6, 6.07) is 15.7. The van der Waals surface area contributed by atoms with Crippen molar-refractivity contribution in [3.8, 4) is 11.5 Å². The first-order valence-corrected chi connectivity index (χ1v) is 9.86. The highest BCUT2D eigenvalue weighted by Gasteiger charge is 2.28. The topological polar surface area (TPSA) is 94.8 Å². The van der Waals surface area contributed by atoms with Crippen LogP contribution >= 0.6 is 0 Å². The maximum Gasteiger partial charge on any atom is 0.182 e. The number of carbonyl (C=O) groups excluding carboxylic acids is 1. The molecular weight excluding hydrogens is 380 g/mol. The first kappa shape index (κ1) is 18.4. The molecule has 3 aromatic heterocycles. The van der Waals surface area contributed by atoms with Crippen LogP contribution in [0, 0.1) is 0 Å². The van der Waals surface area contributed by atoms with Gasteiger partial charge in [0, 0.05) is 12.7 Å². The van der Waals surface area contributed by atoms with E-state index in [1.165, 1.54) is 0 Å². The van der Waals surface area contributed by atoms with E-state index in [4.69, 9.17) is 14.7 Å². The predicted molar refractivity (Wildman–Crippen MR) is 112 cm³/mol. The molecule has 4 heterocycles. The number of hydrogen-bond donors (Lipinski definition) is 1. The van der Waals surface area contributed by atoms with Crippen molar-refractivity contribution in [3.63, 3.8) is 0 Å². The van der Waals surface area contributed by atoms with Gasteiger partial charge in [0.15, 0.2) is 22.8 Å². The molecule has 4 aromatic rings. The minimum absolute atomic E-state index is 0.279. The number of carbonyl (C=O) groups is 1. The highest BCUT2D eigenvalue weighted by atomic mass is 16.5. The van der Waals surface area contributed by atoms with Crippen molar-refractivity contribution in [2.75, 3.05) is 5.32 Å². The normalized spacial score (nSPS) is 18.5. The SMILES string of the molecule is O=CC1CCC(n2cnc3c(NCc4ccccc4)nc(-c4ccccn4)nc32)O1. The Morgan fingerprint density at radius 1 is 1.07 bits per heavy atom. The first-order chi connectivity index (χ1) is 14.8. The Kier molecular flexibility index (Phi) is 4.90. The predicted octanol–water partition coefficient (Wildman–Crippen LogP) is 3.38. The van der Waals surface area contributed by atoms with E-state index in [1.807, 2.05) is 41.0 Å². The number of rotatable bonds is 6. The van der Waals surface area contributed by atoms with Crippen molar-refractivity contribution >= 4 is 23.3 Å². The highest BCUT2D eigenvalue weighted by molar-refractivity contribution is 5.85. The van der Waals surface area contributed by atoms with Gasteiger partial charge in [-0.1, -0.05) is 36.4 Å². The Morgan fingerprint density at radius 2 is 1.93 bits per heavy atom. The number of aldehydes is 1. The van der Waals surface area contributed by atoms with Crippen LogP contribution in [0.15, 0.2) is 61.1 Å². The Hall–Kier alpha value is -3.65. The summed E-state index contributed by atoms with van der Waals surface area (Å²) in [4.78, 5) is 29.5. The number of nitrogens with zero attached hydrogens (tertiary/aromatic N) is 5. The lowest BCUT2D eigenvalue weighted by Crippen LogP contribution is -2.12. The minimum Gasteiger partial charge on any atom is -0.364 e. The fourth-order valence-electron chi connectivity index (χ4n) is 3.59. The van der Waals surface area contributed by atoms with Gasteiger partial charge >= 0.3 is 0 Å². The Labute approximate surface area is 173 Å². The Morgan fingerprint density at radius 3 is 2.70 bits per heavy atom. The molecule has 150 valence electrons. The van der Waals surface area contributed by atoms with Gasteiger partial charge in [0.2, 0.25) is 0 Å². The van der Waals surface area contributed by atoms with Crippen LogP contribution in [0.25, 0.3) is 22.7 Å². The first-order valence-electron chi connectivity index (χ1n) is 9.86. The van der Waals surface area contributed by atoms with Gasteiger partial charge in [-0.3, -0.25) is 9.55 Å². The number of ether oxygens (including phenoxy) is 1. The second-order valence-electron chi connectivity index (χ2n) is 7.12. The van der Waals surface area contributed by atoms with Gasteiger partial charge in [0.1, 0.15) is 24.3 Å². The second kappa shape index (κ2) is 8.00. The molecule has 0 spiro atoms. The van der Waals surface area contributed by atoms with Gasteiger partial charge in [-0.15, -0.1) is 0 Å². The third-order valence-corrected chi connectivity index (χ3v) is 5.11. The molecule has 1 aliphatic heterocycles. The van der Waals surface area contributed by atoms with Crippen LogP contribution in [0.1, 0.15) is 24.6 Å². The number of anilines is 1. The van der Waals surface area contributed by atoms with E-state index in [2.05, 4.69) is 27.4 Å². The van der Waals surface area contributed by atoms with Crippen molar-refractivity contribution in [1.29, 1.82) is 0 Å². The second-order valence-corrected chi connectivity index (χ2v) is 7.12. The number of imidazole rings is 1. The summed E-state index contributed by atoms with van der Waals surface area (Å²) in [5.41, 5.74) is 3.12. The summed E-state index contributed by atoms with van der Waals surface area (Å²) in [6.45, 7) is 0.606. The number of pyridine rings is 1. The van der Waals surface area contributed by atoms with E-state index in [9.17, 15) is 4.79 Å². The largest absolute Gasteiger partial charge is 0.364 e. The summed E-state index contributed by atoms with van der Waals surface area (Å²) < 4.78 is 7.71. The van der Waals surface area contributed by atoms with Crippen LogP contribution in [0.3, 0.4) is 0 Å². The lowest BCUT2D eigenvalue weighted by Gasteiger charge is -2.14. The summed E-state index contributed by atoms with van der Waals surface area (Å²) in [7, 11) is 0. The standard InChI is InChI=1S/C22H20N6O2/c29-13-16-9-10-18(30-16)28-14-25-19-21(24-12-15-6-2-1-3-7-15)26-20(27-22(19)28)17-8-4-5-11-23-17/h1-8,11,13-14,16,18H,9-10,12H2,(H,24,26,27). The summed E-state index contributed by atoms with van der Waals surface area (Å²) in [5, 5.41) is 3.39. The lowest BCUT2D eigenvalue weighted by atomic mass is 10.2. The zero-order valence-corrected chi connectivity index (χ0v) is 16.2. The van der Waals surface area contributed by atoms with Crippen LogP contribution in [0.4, 0.5) is 5.82 Å². The molecule has 30 heavy (non-hydrogen) atoms. The smallest absolute Gasteiger partial charge is 0.182 e. The summed E-state index contributed by atoms with van der Waals surface area (Å²) in [6.07, 6.45) is 5.01. The molecular formula is C22H20N6O2. The maximum absolute atomic E-state index is 11.1. The fourth-order valence-corrected chi connectivity index (χ4v) is 3.59. The van der Waals surface area contributed by atoms with Crippen LogP contribution < -0.4 is 5.32 Å². The molecule has 1 fully saturated rings. The maximum atomic E-state index is 11.1. The fraction of sp³-hybridized carbons (Fsp3) is 0.227. The van der Waals surface area contributed by atoms with Crippen molar-refractivity contribution in [3.05, 3.63) is 66.6 Å². The van der Waals surface area contributed by atoms with Gasteiger partial charge in [0.25, 0.3) is 0 Å². The van der Waals surface area contributed by atoms with Gasteiger partial charge in [-0.2, -0.15) is 0 Å². The van der Waals surface area contributed by atoms with Crippen LogP contribution in [0.2, 0.25) is 0 Å². The van der Waals surface area contributed by atoms with E-state index in [-0.39, 0.29) is 12.3 Å². The van der Waals surface area contributed by atoms with Crippen molar-refractivity contribution in [2.24, 2.45) is 0 Å². The van der Waals surface area contributed by atoms with E-state index < -0.39 is 0 Å². The van der Waals surface area contributed by atoms with Crippen molar-refractivity contribution in [2.45, 2.75) is 31.7 Å². The van der Waals surface area contributed by atoms with Crippen LogP contribution in [-0.4, -0.2) is 36.9 Å². The monoisotopic (exact) mass is 400 g/mol. The van der Waals surface area contributed by atoms with E-state index in [0.717, 1.165) is 18.3 Å². The highest BCUT2D eigenvalue weighted by Crippen LogP contribution is 2.32.